The average Bonchev–Trinajstić information content (AvgIpc) is 3.03. The van der Waals surface area contributed by atoms with Crippen LogP contribution in [0.15, 0.2) is 109 Å². The fourth-order valence-corrected chi connectivity index (χ4v) is 4.82. The van der Waals surface area contributed by atoms with E-state index in [0.717, 1.165) is 12.1 Å². The Hall–Kier alpha value is -5.51. The molecule has 4 aromatic carbocycles. The molecule has 10 heteroatoms. The van der Waals surface area contributed by atoms with Crippen molar-refractivity contribution in [2.45, 2.75) is 32.1 Å². The summed E-state index contributed by atoms with van der Waals surface area (Å²) in [6.45, 7) is 3.68. The summed E-state index contributed by atoms with van der Waals surface area (Å²) in [7, 11) is 0. The van der Waals surface area contributed by atoms with Crippen molar-refractivity contribution in [2.75, 3.05) is 5.32 Å². The van der Waals surface area contributed by atoms with Crippen molar-refractivity contribution < 1.29 is 27.6 Å². The maximum Gasteiger partial charge on any atom is 0.416 e. The van der Waals surface area contributed by atoms with Crippen LogP contribution in [0.3, 0.4) is 0 Å². The van der Waals surface area contributed by atoms with Gasteiger partial charge in [0.1, 0.15) is 11.9 Å². The van der Waals surface area contributed by atoms with E-state index in [1.165, 1.54) is 12.1 Å². The van der Waals surface area contributed by atoms with Gasteiger partial charge in [-0.05, 0) is 79.1 Å². The lowest BCUT2D eigenvalue weighted by Crippen LogP contribution is -2.42. The molecule has 0 bridgehead atoms. The lowest BCUT2D eigenvalue weighted by atomic mass is 9.98. The molecule has 45 heavy (non-hydrogen) atoms. The molecular weight excluding hydrogens is 581 g/mol. The van der Waals surface area contributed by atoms with Gasteiger partial charge < -0.3 is 16.0 Å². The van der Waals surface area contributed by atoms with Crippen molar-refractivity contribution in [2.24, 2.45) is 0 Å². The lowest BCUT2D eigenvalue weighted by molar-refractivity contribution is -0.137. The number of carbonyl (C=O) groups is 3. The number of pyridine rings is 1. The predicted octanol–water partition coefficient (Wildman–Crippen LogP) is 7.17. The molecule has 0 saturated carbocycles. The summed E-state index contributed by atoms with van der Waals surface area (Å²) in [5, 5.41) is 9.05. The molecule has 5 aromatic rings. The third-order valence-electron chi connectivity index (χ3n) is 6.99. The maximum absolute atomic E-state index is 13.2. The topological polar surface area (TPSA) is 100 Å². The molecule has 3 amide bonds. The SMILES string of the molecule is CC(C)NC(=O)[C@@H](NC(=O)c1ccc2nc(NC(=O)c3ccccc3-c3ccc(C(F)(F)F)cc3)ccc2c1)c1ccccc1. The van der Waals surface area contributed by atoms with Crippen LogP contribution in [-0.4, -0.2) is 28.7 Å². The van der Waals surface area contributed by atoms with E-state index in [-0.39, 0.29) is 23.3 Å². The Kier molecular flexibility index (Phi) is 8.94. The monoisotopic (exact) mass is 610 g/mol. The Balaban J connectivity index is 1.33. The fraction of sp³-hybridized carbons (Fsp3) is 0.143. The van der Waals surface area contributed by atoms with Crippen molar-refractivity contribution in [1.29, 1.82) is 0 Å². The summed E-state index contributed by atoms with van der Waals surface area (Å²) in [5.74, 6) is -1.00. The average molecular weight is 611 g/mol. The van der Waals surface area contributed by atoms with Gasteiger partial charge >= 0.3 is 6.18 Å². The highest BCUT2D eigenvalue weighted by Crippen LogP contribution is 2.32. The fourth-order valence-electron chi connectivity index (χ4n) is 4.82. The van der Waals surface area contributed by atoms with Crippen molar-refractivity contribution in [1.82, 2.24) is 15.6 Å². The van der Waals surface area contributed by atoms with E-state index in [9.17, 15) is 27.6 Å². The van der Waals surface area contributed by atoms with Crippen LogP contribution in [0.25, 0.3) is 22.0 Å². The first-order valence-corrected chi connectivity index (χ1v) is 14.1. The van der Waals surface area contributed by atoms with Crippen molar-refractivity contribution in [3.63, 3.8) is 0 Å². The number of aromatic nitrogens is 1. The number of amides is 3. The van der Waals surface area contributed by atoms with Gasteiger partial charge in [-0.15, -0.1) is 0 Å². The smallest absolute Gasteiger partial charge is 0.352 e. The number of alkyl halides is 3. The van der Waals surface area contributed by atoms with Crippen LogP contribution in [0.5, 0.6) is 0 Å². The highest BCUT2D eigenvalue weighted by molar-refractivity contribution is 6.09. The molecule has 1 heterocycles. The van der Waals surface area contributed by atoms with E-state index in [4.69, 9.17) is 0 Å². The summed E-state index contributed by atoms with van der Waals surface area (Å²) in [6, 6.07) is 27.3. The minimum atomic E-state index is -4.46. The summed E-state index contributed by atoms with van der Waals surface area (Å²) >= 11 is 0. The molecule has 1 aromatic heterocycles. The zero-order valence-corrected chi connectivity index (χ0v) is 24.4. The number of halogens is 3. The van der Waals surface area contributed by atoms with E-state index < -0.39 is 29.6 Å². The molecule has 0 spiro atoms. The van der Waals surface area contributed by atoms with Crippen molar-refractivity contribution in [3.05, 3.63) is 131 Å². The Labute approximate surface area is 257 Å². The molecule has 0 unspecified atom stereocenters. The zero-order valence-electron chi connectivity index (χ0n) is 24.4. The largest absolute Gasteiger partial charge is 0.416 e. The number of nitrogens with one attached hydrogen (secondary N) is 3. The minimum Gasteiger partial charge on any atom is -0.352 e. The number of fused-ring (bicyclic) bond motifs is 1. The van der Waals surface area contributed by atoms with Gasteiger partial charge in [-0.25, -0.2) is 4.98 Å². The van der Waals surface area contributed by atoms with Gasteiger partial charge in [-0.1, -0.05) is 60.7 Å². The molecule has 5 rings (SSSR count). The van der Waals surface area contributed by atoms with E-state index in [2.05, 4.69) is 20.9 Å². The number of nitrogens with zero attached hydrogens (tertiary/aromatic N) is 1. The molecule has 1 atom stereocenters. The summed E-state index contributed by atoms with van der Waals surface area (Å²) in [6.07, 6.45) is -4.46. The van der Waals surface area contributed by atoms with Crippen LogP contribution in [0.1, 0.15) is 51.7 Å². The van der Waals surface area contributed by atoms with Crippen molar-refractivity contribution in [3.8, 4) is 11.1 Å². The molecule has 0 aliphatic carbocycles. The lowest BCUT2D eigenvalue weighted by Gasteiger charge is -2.20. The van der Waals surface area contributed by atoms with Gasteiger partial charge in [0.2, 0.25) is 5.91 Å². The number of carbonyl (C=O) groups excluding carboxylic acids is 3. The second kappa shape index (κ2) is 13.0. The zero-order chi connectivity index (χ0) is 32.1. The molecule has 0 fully saturated rings. The summed E-state index contributed by atoms with van der Waals surface area (Å²) in [5.41, 5.74) is 1.90. The summed E-state index contributed by atoms with van der Waals surface area (Å²) < 4.78 is 39.1. The summed E-state index contributed by atoms with van der Waals surface area (Å²) in [4.78, 5) is 43.9. The first-order valence-electron chi connectivity index (χ1n) is 14.1. The van der Waals surface area contributed by atoms with Crippen LogP contribution in [-0.2, 0) is 11.0 Å². The third-order valence-corrected chi connectivity index (χ3v) is 6.99. The predicted molar refractivity (Wildman–Crippen MR) is 167 cm³/mol. The maximum atomic E-state index is 13.2. The molecule has 0 radical (unpaired) electrons. The second-order valence-corrected chi connectivity index (χ2v) is 10.7. The number of hydrogen-bond acceptors (Lipinski definition) is 4. The Morgan fingerprint density at radius 1 is 0.733 bits per heavy atom. The number of anilines is 1. The normalized spacial score (nSPS) is 12.0. The molecule has 0 saturated heterocycles. The molecule has 0 aliphatic rings. The van der Waals surface area contributed by atoms with Gasteiger partial charge in [0.25, 0.3) is 11.8 Å². The standard InChI is InChI=1S/C35H29F3N4O3/c1-21(2)39-34(45)31(23-8-4-3-5-9-23)42-32(43)25-14-18-29-24(20-25)15-19-30(40-29)41-33(44)28-11-7-6-10-27(28)22-12-16-26(17-13-22)35(36,37)38/h3-21,31H,1-2H3,(H,39,45)(H,42,43)(H,40,41,44)/t31-/m0/s1. The van der Waals surface area contributed by atoms with E-state index >= 15 is 0 Å². The molecule has 3 N–H and O–H groups in total. The quantitative estimate of drug-likeness (QED) is 0.174. The van der Waals surface area contributed by atoms with Crippen molar-refractivity contribution >= 4 is 34.4 Å². The van der Waals surface area contributed by atoms with Gasteiger partial charge in [0.15, 0.2) is 0 Å². The number of rotatable bonds is 8. The van der Waals surface area contributed by atoms with Crippen LogP contribution < -0.4 is 16.0 Å². The molecular formula is C35H29F3N4O3. The molecule has 7 nitrogen and oxygen atoms in total. The number of hydrogen-bond donors (Lipinski definition) is 3. The van der Waals surface area contributed by atoms with E-state index in [1.54, 1.807) is 78.9 Å². The van der Waals surface area contributed by atoms with Crippen LogP contribution in [0.2, 0.25) is 0 Å². The third kappa shape index (κ3) is 7.35. The van der Waals surface area contributed by atoms with Gasteiger partial charge in [0.05, 0.1) is 11.1 Å². The first kappa shape index (κ1) is 30.9. The van der Waals surface area contributed by atoms with E-state index in [1.807, 2.05) is 19.9 Å². The van der Waals surface area contributed by atoms with E-state index in [0.29, 0.717) is 33.2 Å². The van der Waals surface area contributed by atoms with Gasteiger partial charge in [-0.2, -0.15) is 13.2 Å². The second-order valence-electron chi connectivity index (χ2n) is 10.7. The highest BCUT2D eigenvalue weighted by atomic mass is 19.4. The van der Waals surface area contributed by atoms with Crippen LogP contribution in [0.4, 0.5) is 19.0 Å². The number of benzene rings is 4. The Bertz CT molecular complexity index is 1860. The van der Waals surface area contributed by atoms with Gasteiger partial charge in [-0.3, -0.25) is 14.4 Å². The van der Waals surface area contributed by atoms with Crippen LogP contribution in [0, 0.1) is 0 Å². The first-order chi connectivity index (χ1) is 21.5. The van der Waals surface area contributed by atoms with Crippen LogP contribution >= 0.6 is 0 Å². The minimum absolute atomic E-state index is 0.111. The molecule has 0 aliphatic heterocycles. The van der Waals surface area contributed by atoms with Gasteiger partial charge in [0, 0.05) is 22.6 Å². The Morgan fingerprint density at radius 2 is 1.42 bits per heavy atom. The molecule has 228 valence electrons. The Morgan fingerprint density at radius 3 is 2.11 bits per heavy atom. The highest BCUT2D eigenvalue weighted by Gasteiger charge is 2.30.